The maximum atomic E-state index is 12.8. The number of hydrogen-bond donors (Lipinski definition) is 1. The number of benzene rings is 2. The first-order valence-electron chi connectivity index (χ1n) is 11.2. The number of aromatic amines is 1. The lowest BCUT2D eigenvalue weighted by Crippen LogP contribution is -2.45. The van der Waals surface area contributed by atoms with Crippen LogP contribution >= 0.6 is 12.2 Å². The molecule has 1 fully saturated rings. The van der Waals surface area contributed by atoms with Gasteiger partial charge in [-0.25, -0.2) is 0 Å². The summed E-state index contributed by atoms with van der Waals surface area (Å²) in [5.41, 5.74) is 1.81. The molecule has 0 radical (unpaired) electrons. The molecule has 6 nitrogen and oxygen atoms in total. The molecule has 2 atom stereocenters. The van der Waals surface area contributed by atoms with Crippen LogP contribution in [0.1, 0.15) is 44.3 Å². The van der Waals surface area contributed by atoms with Crippen LogP contribution in [0.2, 0.25) is 0 Å². The predicted molar refractivity (Wildman–Crippen MR) is 128 cm³/mol. The summed E-state index contributed by atoms with van der Waals surface area (Å²) in [6, 6.07) is 17.5. The van der Waals surface area contributed by atoms with Crippen molar-refractivity contribution in [3.8, 4) is 0 Å². The summed E-state index contributed by atoms with van der Waals surface area (Å²) in [4.78, 5) is 30.6. The van der Waals surface area contributed by atoms with E-state index >= 15 is 0 Å². The average Bonchev–Trinajstić information content (AvgIpc) is 2.80. The normalized spacial score (nSPS) is 18.7. The number of nitrogens with one attached hydrogen (secondary N) is 1. The summed E-state index contributed by atoms with van der Waals surface area (Å²) in [7, 11) is 0. The molecular weight excluding hydrogens is 422 g/mol. The molecule has 1 saturated heterocycles. The molecule has 0 aliphatic carbocycles. The summed E-state index contributed by atoms with van der Waals surface area (Å²) in [6.45, 7) is 3.79. The number of rotatable bonds is 7. The molecule has 0 bridgehead atoms. The summed E-state index contributed by atoms with van der Waals surface area (Å²) in [5.74, 6) is 0.168. The Morgan fingerprint density at radius 1 is 1.06 bits per heavy atom. The van der Waals surface area contributed by atoms with Crippen molar-refractivity contribution in [2.75, 3.05) is 13.1 Å². The highest BCUT2D eigenvalue weighted by molar-refractivity contribution is 7.71. The number of ether oxygens (including phenoxy) is 1. The van der Waals surface area contributed by atoms with Gasteiger partial charge in [-0.3, -0.25) is 14.2 Å². The minimum Gasteiger partial charge on any atom is -0.367 e. The molecule has 0 spiro atoms. The second-order valence-corrected chi connectivity index (χ2v) is 8.77. The lowest BCUT2D eigenvalue weighted by atomic mass is 10.1. The van der Waals surface area contributed by atoms with Crippen LogP contribution in [-0.4, -0.2) is 39.6 Å². The van der Waals surface area contributed by atoms with E-state index in [2.05, 4.69) is 4.98 Å². The Morgan fingerprint density at radius 2 is 1.81 bits per heavy atom. The number of hydrogen-bond acceptors (Lipinski definition) is 4. The van der Waals surface area contributed by atoms with Crippen molar-refractivity contribution < 1.29 is 9.53 Å². The van der Waals surface area contributed by atoms with Crippen LogP contribution in [0.4, 0.5) is 0 Å². The van der Waals surface area contributed by atoms with Crippen LogP contribution in [-0.2, 0) is 16.1 Å². The Morgan fingerprint density at radius 3 is 2.62 bits per heavy atom. The zero-order chi connectivity index (χ0) is 22.5. The third-order valence-electron chi connectivity index (χ3n) is 5.95. The number of para-hydroxylation sites is 1. The van der Waals surface area contributed by atoms with Gasteiger partial charge in [0, 0.05) is 19.5 Å². The van der Waals surface area contributed by atoms with Gasteiger partial charge in [0.1, 0.15) is 6.10 Å². The second-order valence-electron chi connectivity index (χ2n) is 8.39. The molecule has 7 heteroatoms. The first-order valence-corrected chi connectivity index (χ1v) is 11.6. The highest BCUT2D eigenvalue weighted by Crippen LogP contribution is 2.25. The number of fused-ring (bicyclic) bond motifs is 1. The molecule has 3 aromatic rings. The molecule has 2 unspecified atom stereocenters. The van der Waals surface area contributed by atoms with E-state index in [0.29, 0.717) is 36.2 Å². The topological polar surface area (TPSA) is 67.3 Å². The quantitative estimate of drug-likeness (QED) is 0.421. The van der Waals surface area contributed by atoms with Gasteiger partial charge >= 0.3 is 0 Å². The fourth-order valence-electron chi connectivity index (χ4n) is 4.29. The molecule has 2 heterocycles. The third kappa shape index (κ3) is 5.16. The molecule has 1 amide bonds. The van der Waals surface area contributed by atoms with Crippen molar-refractivity contribution in [1.29, 1.82) is 0 Å². The molecule has 1 aliphatic rings. The fourth-order valence-corrected chi connectivity index (χ4v) is 4.57. The molecule has 0 saturated carbocycles. The van der Waals surface area contributed by atoms with Crippen LogP contribution in [0, 0.1) is 4.77 Å². The second kappa shape index (κ2) is 10.2. The van der Waals surface area contributed by atoms with Crippen molar-refractivity contribution in [2.45, 2.75) is 51.4 Å². The molecule has 32 heavy (non-hydrogen) atoms. The minimum atomic E-state index is -0.0783. The first kappa shape index (κ1) is 22.4. The van der Waals surface area contributed by atoms with Gasteiger partial charge in [0.05, 0.1) is 23.6 Å². The van der Waals surface area contributed by atoms with Crippen LogP contribution in [0.3, 0.4) is 0 Å². The predicted octanol–water partition coefficient (Wildman–Crippen LogP) is 4.61. The first-order chi connectivity index (χ1) is 15.5. The molecule has 2 aromatic carbocycles. The maximum absolute atomic E-state index is 12.8. The molecular formula is C25H29N3O3S. The minimum absolute atomic E-state index is 0.0133. The van der Waals surface area contributed by atoms with Gasteiger partial charge < -0.3 is 14.6 Å². The van der Waals surface area contributed by atoms with E-state index in [1.54, 1.807) is 4.57 Å². The molecule has 1 aromatic heterocycles. The van der Waals surface area contributed by atoms with Crippen molar-refractivity contribution in [3.05, 3.63) is 75.3 Å². The standard InChI is InChI=1S/C25H29N3O3S/c1-18-16-27(17-22(31-18)19-10-4-2-5-11-19)23(29)14-6-3-9-15-28-24(30)20-12-7-8-13-21(20)26-25(28)32/h2,4-5,7-8,10-13,18,22H,3,6,9,14-17H2,1H3,(H,26,32). The molecule has 4 rings (SSSR count). The van der Waals surface area contributed by atoms with Gasteiger partial charge in [0.2, 0.25) is 5.91 Å². The van der Waals surface area contributed by atoms with E-state index in [0.717, 1.165) is 30.3 Å². The van der Waals surface area contributed by atoms with Gasteiger partial charge in [-0.2, -0.15) is 0 Å². The number of unbranched alkanes of at least 4 members (excludes halogenated alkanes) is 2. The van der Waals surface area contributed by atoms with Crippen molar-refractivity contribution in [3.63, 3.8) is 0 Å². The summed E-state index contributed by atoms with van der Waals surface area (Å²) in [6.07, 6.45) is 2.90. The Labute approximate surface area is 192 Å². The Hall–Kier alpha value is -2.77. The van der Waals surface area contributed by atoms with E-state index in [1.807, 2.05) is 66.4 Å². The van der Waals surface area contributed by atoms with E-state index < -0.39 is 0 Å². The Bertz CT molecular complexity index is 1190. The monoisotopic (exact) mass is 451 g/mol. The van der Waals surface area contributed by atoms with Gasteiger partial charge in [0.25, 0.3) is 5.56 Å². The highest BCUT2D eigenvalue weighted by atomic mass is 32.1. The van der Waals surface area contributed by atoms with Crippen molar-refractivity contribution in [2.24, 2.45) is 0 Å². The van der Waals surface area contributed by atoms with Crippen molar-refractivity contribution >= 4 is 29.0 Å². The van der Waals surface area contributed by atoms with Gasteiger partial charge in [-0.05, 0) is 49.7 Å². The van der Waals surface area contributed by atoms with Crippen LogP contribution < -0.4 is 5.56 Å². The molecule has 168 valence electrons. The van der Waals surface area contributed by atoms with E-state index in [9.17, 15) is 9.59 Å². The average molecular weight is 452 g/mol. The lowest BCUT2D eigenvalue weighted by molar-refractivity contribution is -0.145. The Kier molecular flexibility index (Phi) is 7.17. The van der Waals surface area contributed by atoms with Crippen LogP contribution in [0.5, 0.6) is 0 Å². The van der Waals surface area contributed by atoms with E-state index in [-0.39, 0.29) is 23.7 Å². The van der Waals surface area contributed by atoms with Crippen LogP contribution in [0.15, 0.2) is 59.4 Å². The molecule has 1 aliphatic heterocycles. The zero-order valence-electron chi connectivity index (χ0n) is 18.3. The lowest BCUT2D eigenvalue weighted by Gasteiger charge is -2.37. The summed E-state index contributed by atoms with van der Waals surface area (Å²) < 4.78 is 8.12. The number of aromatic nitrogens is 2. The van der Waals surface area contributed by atoms with Gasteiger partial charge in [-0.1, -0.05) is 48.9 Å². The SMILES string of the molecule is CC1CN(C(=O)CCCCCn2c(=S)[nH]c3ccccc3c2=O)CC(c2ccccc2)O1. The number of morpholine rings is 1. The van der Waals surface area contributed by atoms with E-state index in [4.69, 9.17) is 17.0 Å². The third-order valence-corrected chi connectivity index (χ3v) is 6.27. The maximum Gasteiger partial charge on any atom is 0.262 e. The summed E-state index contributed by atoms with van der Waals surface area (Å²) in [5, 5.41) is 0.644. The van der Waals surface area contributed by atoms with Gasteiger partial charge in [-0.15, -0.1) is 0 Å². The molecule has 1 N–H and O–H groups in total. The van der Waals surface area contributed by atoms with Gasteiger partial charge in [0.15, 0.2) is 4.77 Å². The number of carbonyl (C=O) groups is 1. The highest BCUT2D eigenvalue weighted by Gasteiger charge is 2.28. The largest absolute Gasteiger partial charge is 0.367 e. The van der Waals surface area contributed by atoms with Crippen molar-refractivity contribution in [1.82, 2.24) is 14.5 Å². The smallest absolute Gasteiger partial charge is 0.262 e. The number of carbonyl (C=O) groups excluding carboxylic acids is 1. The van der Waals surface area contributed by atoms with Crippen LogP contribution in [0.25, 0.3) is 10.9 Å². The Balaban J connectivity index is 1.28. The summed E-state index contributed by atoms with van der Waals surface area (Å²) >= 11 is 5.37. The number of nitrogens with zero attached hydrogens (tertiary/aromatic N) is 2. The zero-order valence-corrected chi connectivity index (χ0v) is 19.1. The van der Waals surface area contributed by atoms with E-state index in [1.165, 1.54) is 0 Å². The number of amides is 1. The fraction of sp³-hybridized carbons (Fsp3) is 0.400. The number of H-pyrrole nitrogens is 1.